The maximum atomic E-state index is 13.8. The van der Waals surface area contributed by atoms with E-state index in [9.17, 15) is 18.0 Å². The van der Waals surface area contributed by atoms with Gasteiger partial charge in [0.15, 0.2) is 0 Å². The van der Waals surface area contributed by atoms with Gasteiger partial charge >= 0.3 is 0 Å². The summed E-state index contributed by atoms with van der Waals surface area (Å²) in [6.45, 7) is 2.98. The van der Waals surface area contributed by atoms with Crippen molar-refractivity contribution in [1.82, 2.24) is 10.2 Å². The molecule has 41 heavy (non-hydrogen) atoms. The number of rotatable bonds is 16. The van der Waals surface area contributed by atoms with Gasteiger partial charge in [0.25, 0.3) is 0 Å². The molecule has 1 N–H and O–H groups in total. The topological polar surface area (TPSA) is 96.0 Å². The predicted octanol–water partition coefficient (Wildman–Crippen LogP) is 4.80. The normalized spacial score (nSPS) is 11.9. The molecule has 0 aliphatic heterocycles. The van der Waals surface area contributed by atoms with E-state index in [2.05, 4.69) is 12.2 Å². The van der Waals surface area contributed by atoms with E-state index in [-0.39, 0.29) is 37.7 Å². The number of nitrogens with zero attached hydrogens (tertiary/aromatic N) is 2. The average molecular weight is 580 g/mol. The maximum Gasteiger partial charge on any atom is 0.243 e. The van der Waals surface area contributed by atoms with Crippen molar-refractivity contribution >= 4 is 27.5 Å². The van der Waals surface area contributed by atoms with Crippen LogP contribution in [0.1, 0.15) is 43.7 Å². The molecule has 0 saturated carbocycles. The lowest BCUT2D eigenvalue weighted by atomic mass is 10.0. The Balaban J connectivity index is 1.85. The Bertz CT molecular complexity index is 1350. The summed E-state index contributed by atoms with van der Waals surface area (Å²) in [6, 6.07) is 25.4. The molecule has 3 rings (SSSR count). The Morgan fingerprint density at radius 2 is 1.56 bits per heavy atom. The molecular weight excluding hydrogens is 538 g/mol. The smallest absolute Gasteiger partial charge is 0.243 e. The van der Waals surface area contributed by atoms with Crippen molar-refractivity contribution in [3.05, 3.63) is 96.1 Å². The van der Waals surface area contributed by atoms with Crippen LogP contribution in [0.5, 0.6) is 5.75 Å². The summed E-state index contributed by atoms with van der Waals surface area (Å²) in [7, 11) is -2.08. The number of carbonyl (C=O) groups is 2. The fourth-order valence-corrected chi connectivity index (χ4v) is 5.57. The van der Waals surface area contributed by atoms with E-state index < -0.39 is 16.1 Å². The van der Waals surface area contributed by atoms with Gasteiger partial charge in [0, 0.05) is 38.5 Å². The second kappa shape index (κ2) is 15.8. The molecule has 8 nitrogen and oxygen atoms in total. The molecule has 0 aliphatic rings. The number of amides is 2. The highest BCUT2D eigenvalue weighted by atomic mass is 32.2. The van der Waals surface area contributed by atoms with Crippen molar-refractivity contribution in [3.63, 3.8) is 0 Å². The molecule has 0 saturated heterocycles. The van der Waals surface area contributed by atoms with E-state index in [0.29, 0.717) is 24.4 Å². The van der Waals surface area contributed by atoms with Crippen LogP contribution in [0.25, 0.3) is 0 Å². The minimum atomic E-state index is -3.60. The first-order valence-corrected chi connectivity index (χ1v) is 15.8. The number of benzene rings is 3. The number of nitrogens with one attached hydrogen (secondary N) is 1. The van der Waals surface area contributed by atoms with E-state index in [0.717, 1.165) is 30.2 Å². The van der Waals surface area contributed by atoms with Crippen LogP contribution in [-0.4, -0.2) is 57.6 Å². The van der Waals surface area contributed by atoms with Gasteiger partial charge in [0.1, 0.15) is 11.8 Å². The average Bonchev–Trinajstić information content (AvgIpc) is 2.97. The minimum absolute atomic E-state index is 0.0797. The van der Waals surface area contributed by atoms with Crippen LogP contribution in [0.2, 0.25) is 0 Å². The number of hydrogen-bond acceptors (Lipinski definition) is 5. The van der Waals surface area contributed by atoms with Crippen LogP contribution in [-0.2, 0) is 32.6 Å². The van der Waals surface area contributed by atoms with Gasteiger partial charge < -0.3 is 15.0 Å². The molecule has 220 valence electrons. The lowest BCUT2D eigenvalue weighted by Crippen LogP contribution is -2.50. The van der Waals surface area contributed by atoms with Gasteiger partial charge in [-0.3, -0.25) is 13.9 Å². The van der Waals surface area contributed by atoms with Crippen molar-refractivity contribution in [2.75, 3.05) is 30.8 Å². The van der Waals surface area contributed by atoms with Crippen molar-refractivity contribution in [1.29, 1.82) is 0 Å². The Morgan fingerprint density at radius 1 is 0.902 bits per heavy atom. The van der Waals surface area contributed by atoms with Crippen molar-refractivity contribution in [2.24, 2.45) is 0 Å². The molecule has 3 aromatic rings. The predicted molar refractivity (Wildman–Crippen MR) is 163 cm³/mol. The Labute approximate surface area is 244 Å². The third kappa shape index (κ3) is 9.93. The molecule has 2 amide bonds. The van der Waals surface area contributed by atoms with Gasteiger partial charge in [0.05, 0.1) is 19.1 Å². The molecule has 0 aromatic heterocycles. The molecule has 0 heterocycles. The van der Waals surface area contributed by atoms with Crippen LogP contribution in [0.15, 0.2) is 84.9 Å². The number of ether oxygens (including phenoxy) is 1. The maximum absolute atomic E-state index is 13.8. The fraction of sp³-hybridized carbons (Fsp3) is 0.375. The Hall–Kier alpha value is -3.85. The fourth-order valence-electron chi connectivity index (χ4n) is 4.61. The number of hydrogen-bond donors (Lipinski definition) is 1. The van der Waals surface area contributed by atoms with Gasteiger partial charge in [0.2, 0.25) is 21.8 Å². The standard InChI is InChI=1S/C32H41N3O5S/c1-4-5-21-33-32(37)30(23-26-14-8-6-9-15-26)34(25-27-16-10-7-11-17-27)31(36)20-13-22-35(41(3,38)39)28-18-12-19-29(24-28)40-2/h6-12,14-19,24,30H,4-5,13,20-23,25H2,1-3H3,(H,33,37)/t30-/m1/s1. The summed E-state index contributed by atoms with van der Waals surface area (Å²) < 4.78 is 31.8. The largest absolute Gasteiger partial charge is 0.497 e. The molecule has 9 heteroatoms. The highest BCUT2D eigenvalue weighted by Crippen LogP contribution is 2.24. The first-order chi connectivity index (χ1) is 19.7. The lowest BCUT2D eigenvalue weighted by molar-refractivity contribution is -0.141. The van der Waals surface area contributed by atoms with Gasteiger partial charge in [-0.2, -0.15) is 0 Å². The zero-order valence-corrected chi connectivity index (χ0v) is 25.0. The number of unbranched alkanes of at least 4 members (excludes halogenated alkanes) is 1. The van der Waals surface area contributed by atoms with Gasteiger partial charge in [-0.1, -0.05) is 80.1 Å². The number of sulfonamides is 1. The SMILES string of the molecule is CCCCNC(=O)[C@@H](Cc1ccccc1)N(Cc1ccccc1)C(=O)CCCN(c1cccc(OC)c1)S(C)(=O)=O. The first kappa shape index (κ1) is 31.7. The van der Waals surface area contributed by atoms with Crippen LogP contribution < -0.4 is 14.4 Å². The monoisotopic (exact) mass is 579 g/mol. The second-order valence-electron chi connectivity index (χ2n) is 10.00. The van der Waals surface area contributed by atoms with Crippen LogP contribution in [0, 0.1) is 0 Å². The molecule has 3 aromatic carbocycles. The quantitative estimate of drug-likeness (QED) is 0.246. The summed E-state index contributed by atoms with van der Waals surface area (Å²) in [4.78, 5) is 29.0. The van der Waals surface area contributed by atoms with Crippen LogP contribution in [0.3, 0.4) is 0 Å². The summed E-state index contributed by atoms with van der Waals surface area (Å²) in [6.07, 6.45) is 3.67. The van der Waals surface area contributed by atoms with Crippen molar-refractivity contribution < 1.29 is 22.7 Å². The zero-order chi connectivity index (χ0) is 29.7. The molecular formula is C32H41N3O5S. The molecule has 0 unspecified atom stereocenters. The molecule has 0 fully saturated rings. The third-order valence-corrected chi connectivity index (χ3v) is 7.98. The van der Waals surface area contributed by atoms with Gasteiger partial charge in [-0.25, -0.2) is 8.42 Å². The third-order valence-electron chi connectivity index (χ3n) is 6.79. The molecule has 0 aliphatic carbocycles. The summed E-state index contributed by atoms with van der Waals surface area (Å²) >= 11 is 0. The van der Waals surface area contributed by atoms with E-state index in [1.54, 1.807) is 29.2 Å². The van der Waals surface area contributed by atoms with E-state index in [1.165, 1.54) is 11.4 Å². The molecule has 0 radical (unpaired) electrons. The first-order valence-electron chi connectivity index (χ1n) is 14.0. The van der Waals surface area contributed by atoms with Gasteiger partial charge in [-0.15, -0.1) is 0 Å². The molecule has 1 atom stereocenters. The summed E-state index contributed by atoms with van der Waals surface area (Å²) in [5.74, 6) is 0.138. The van der Waals surface area contributed by atoms with Crippen LogP contribution >= 0.6 is 0 Å². The second-order valence-corrected chi connectivity index (χ2v) is 11.9. The minimum Gasteiger partial charge on any atom is -0.497 e. The number of anilines is 1. The van der Waals surface area contributed by atoms with Crippen LogP contribution in [0.4, 0.5) is 5.69 Å². The zero-order valence-electron chi connectivity index (χ0n) is 24.2. The highest BCUT2D eigenvalue weighted by Gasteiger charge is 2.30. The number of carbonyl (C=O) groups excluding carboxylic acids is 2. The lowest BCUT2D eigenvalue weighted by Gasteiger charge is -2.32. The molecule has 0 spiro atoms. The van der Waals surface area contributed by atoms with E-state index in [4.69, 9.17) is 4.74 Å². The Kier molecular flexibility index (Phi) is 12.2. The van der Waals surface area contributed by atoms with E-state index in [1.807, 2.05) is 60.7 Å². The van der Waals surface area contributed by atoms with Crippen molar-refractivity contribution in [2.45, 2.75) is 51.6 Å². The summed E-state index contributed by atoms with van der Waals surface area (Å²) in [5.41, 5.74) is 2.34. The Morgan fingerprint density at radius 3 is 2.17 bits per heavy atom. The van der Waals surface area contributed by atoms with Crippen molar-refractivity contribution in [3.8, 4) is 5.75 Å². The number of methoxy groups -OCH3 is 1. The molecule has 0 bridgehead atoms. The van der Waals surface area contributed by atoms with Gasteiger partial charge in [-0.05, 0) is 36.1 Å². The summed E-state index contributed by atoms with van der Waals surface area (Å²) in [5, 5.41) is 3.02. The van der Waals surface area contributed by atoms with E-state index >= 15 is 0 Å². The highest BCUT2D eigenvalue weighted by molar-refractivity contribution is 7.92.